The second kappa shape index (κ2) is 9.01. The molecule has 1 aromatic heterocycles. The fourth-order valence-electron chi connectivity index (χ4n) is 3.76. The van der Waals surface area contributed by atoms with Gasteiger partial charge in [-0.3, -0.25) is 4.79 Å². The van der Waals surface area contributed by atoms with E-state index in [0.29, 0.717) is 46.8 Å². The molecule has 0 bridgehead atoms. The average molecular weight is 435 g/mol. The highest BCUT2D eigenvalue weighted by molar-refractivity contribution is 6.06. The number of hydrogen-bond donors (Lipinski definition) is 2. The molecule has 0 spiro atoms. The summed E-state index contributed by atoms with van der Waals surface area (Å²) in [7, 11) is 3.16. The van der Waals surface area contributed by atoms with Crippen LogP contribution in [0.5, 0.6) is 17.2 Å². The Morgan fingerprint density at radius 3 is 2.66 bits per heavy atom. The second-order valence-corrected chi connectivity index (χ2v) is 7.09. The zero-order valence-corrected chi connectivity index (χ0v) is 18.4. The molecule has 166 valence electrons. The molecule has 0 fully saturated rings. The lowest BCUT2D eigenvalue weighted by Crippen LogP contribution is -2.31. The summed E-state index contributed by atoms with van der Waals surface area (Å²) in [4.78, 5) is 17.8. The molecular weight excluding hydrogens is 410 g/mol. The minimum absolute atomic E-state index is 0.278. The number of aromatic nitrogens is 3. The fourth-order valence-corrected chi connectivity index (χ4v) is 3.76. The van der Waals surface area contributed by atoms with E-state index in [2.05, 4.69) is 20.7 Å². The summed E-state index contributed by atoms with van der Waals surface area (Å²) in [5.74, 6) is 2.05. The Balaban J connectivity index is 1.78. The highest BCUT2D eigenvalue weighted by Gasteiger charge is 2.34. The molecule has 2 heterocycles. The Hall–Kier alpha value is -4.01. The van der Waals surface area contributed by atoms with Crippen LogP contribution in [0.25, 0.3) is 0 Å². The normalized spacial score (nSPS) is 14.9. The quantitative estimate of drug-likeness (QED) is 0.585. The van der Waals surface area contributed by atoms with Crippen LogP contribution in [0.4, 0.5) is 11.6 Å². The summed E-state index contributed by atoms with van der Waals surface area (Å²) in [6, 6.07) is 12.3. The first-order valence-corrected chi connectivity index (χ1v) is 10.2. The van der Waals surface area contributed by atoms with Crippen LogP contribution in [0, 0.1) is 0 Å². The third kappa shape index (κ3) is 3.84. The van der Waals surface area contributed by atoms with E-state index in [1.807, 2.05) is 44.2 Å². The van der Waals surface area contributed by atoms with Gasteiger partial charge in [0, 0.05) is 5.70 Å². The molecule has 2 aromatic carbocycles. The van der Waals surface area contributed by atoms with Gasteiger partial charge in [-0.05, 0) is 43.7 Å². The Kier molecular flexibility index (Phi) is 5.98. The van der Waals surface area contributed by atoms with Crippen LogP contribution in [0.3, 0.4) is 0 Å². The number of para-hydroxylation sites is 2. The number of ether oxygens (including phenoxy) is 3. The number of fused-ring (bicyclic) bond motifs is 1. The van der Waals surface area contributed by atoms with Crippen molar-refractivity contribution in [3.05, 3.63) is 65.6 Å². The standard InChI is InChI=1S/C23H25N5O4/c1-5-32-19-12-15(10-11-18(19)31-4)21-20(14(2)26-23-24-13-25-28(21)23)22(29)27-16-8-6-7-9-17(16)30-3/h6-13,21H,5H2,1-4H3,(H,27,29)(H,24,25,26)/t21-/m1/s1. The highest BCUT2D eigenvalue weighted by atomic mass is 16.5. The molecule has 4 rings (SSSR count). The molecule has 0 radical (unpaired) electrons. The van der Waals surface area contributed by atoms with Gasteiger partial charge in [0.25, 0.3) is 5.91 Å². The monoisotopic (exact) mass is 435 g/mol. The molecule has 0 unspecified atom stereocenters. The number of carbonyl (C=O) groups excluding carboxylic acids is 1. The molecule has 9 heteroatoms. The smallest absolute Gasteiger partial charge is 0.255 e. The van der Waals surface area contributed by atoms with Crippen molar-refractivity contribution < 1.29 is 19.0 Å². The zero-order chi connectivity index (χ0) is 22.7. The predicted molar refractivity (Wildman–Crippen MR) is 120 cm³/mol. The summed E-state index contributed by atoms with van der Waals surface area (Å²) < 4.78 is 18.2. The van der Waals surface area contributed by atoms with Crippen LogP contribution in [0.2, 0.25) is 0 Å². The number of methoxy groups -OCH3 is 2. The van der Waals surface area contributed by atoms with Crippen LogP contribution in [-0.2, 0) is 4.79 Å². The first-order valence-electron chi connectivity index (χ1n) is 10.2. The summed E-state index contributed by atoms with van der Waals surface area (Å²) in [6.07, 6.45) is 1.46. The predicted octanol–water partition coefficient (Wildman–Crippen LogP) is 3.62. The third-order valence-electron chi connectivity index (χ3n) is 5.20. The van der Waals surface area contributed by atoms with Crippen molar-refractivity contribution in [3.8, 4) is 17.2 Å². The lowest BCUT2D eigenvalue weighted by molar-refractivity contribution is -0.113. The van der Waals surface area contributed by atoms with E-state index in [-0.39, 0.29) is 5.91 Å². The van der Waals surface area contributed by atoms with Crippen LogP contribution in [0.15, 0.2) is 60.1 Å². The van der Waals surface area contributed by atoms with E-state index in [0.717, 1.165) is 5.56 Å². The molecule has 3 aromatic rings. The molecule has 32 heavy (non-hydrogen) atoms. The number of allylic oxidation sites excluding steroid dienone is 1. The Bertz CT molecular complexity index is 1170. The van der Waals surface area contributed by atoms with E-state index in [9.17, 15) is 4.79 Å². The van der Waals surface area contributed by atoms with E-state index < -0.39 is 6.04 Å². The molecule has 0 saturated carbocycles. The van der Waals surface area contributed by atoms with Crippen molar-refractivity contribution in [1.82, 2.24) is 14.8 Å². The Morgan fingerprint density at radius 1 is 1.12 bits per heavy atom. The Labute approximate surface area is 186 Å². The SMILES string of the molecule is CCOc1cc([C@@H]2C(C(=O)Nc3ccccc3OC)=C(C)Nc3ncnn32)ccc1OC. The van der Waals surface area contributed by atoms with Gasteiger partial charge >= 0.3 is 0 Å². The number of amides is 1. The van der Waals surface area contributed by atoms with E-state index >= 15 is 0 Å². The maximum absolute atomic E-state index is 13.5. The fraction of sp³-hybridized carbons (Fsp3) is 0.261. The number of carbonyl (C=O) groups is 1. The van der Waals surface area contributed by atoms with Crippen LogP contribution in [0.1, 0.15) is 25.5 Å². The first-order chi connectivity index (χ1) is 15.6. The van der Waals surface area contributed by atoms with Gasteiger partial charge in [0.2, 0.25) is 5.95 Å². The average Bonchev–Trinajstić information content (AvgIpc) is 3.26. The van der Waals surface area contributed by atoms with Gasteiger partial charge in [0.1, 0.15) is 18.1 Å². The topological polar surface area (TPSA) is 99.5 Å². The van der Waals surface area contributed by atoms with Crippen molar-refractivity contribution in [2.24, 2.45) is 0 Å². The van der Waals surface area contributed by atoms with Crippen molar-refractivity contribution in [3.63, 3.8) is 0 Å². The second-order valence-electron chi connectivity index (χ2n) is 7.09. The third-order valence-corrected chi connectivity index (χ3v) is 5.20. The van der Waals surface area contributed by atoms with Crippen LogP contribution >= 0.6 is 0 Å². The van der Waals surface area contributed by atoms with Crippen molar-refractivity contribution >= 4 is 17.5 Å². The van der Waals surface area contributed by atoms with E-state index in [1.54, 1.807) is 31.0 Å². The van der Waals surface area contributed by atoms with Gasteiger partial charge in [-0.2, -0.15) is 10.1 Å². The van der Waals surface area contributed by atoms with Gasteiger partial charge in [0.15, 0.2) is 11.5 Å². The van der Waals surface area contributed by atoms with Gasteiger partial charge in [0.05, 0.1) is 32.1 Å². The maximum atomic E-state index is 13.5. The lowest BCUT2D eigenvalue weighted by atomic mass is 9.94. The maximum Gasteiger partial charge on any atom is 0.255 e. The first kappa shape index (κ1) is 21.2. The number of hydrogen-bond acceptors (Lipinski definition) is 7. The largest absolute Gasteiger partial charge is 0.495 e. The lowest BCUT2D eigenvalue weighted by Gasteiger charge is -2.29. The molecule has 2 N–H and O–H groups in total. The summed E-state index contributed by atoms with van der Waals surface area (Å²) in [5, 5.41) is 10.5. The summed E-state index contributed by atoms with van der Waals surface area (Å²) in [5.41, 5.74) is 2.57. The number of benzene rings is 2. The van der Waals surface area contributed by atoms with Gasteiger partial charge in [-0.25, -0.2) is 4.68 Å². The van der Waals surface area contributed by atoms with Crippen molar-refractivity contribution in [2.45, 2.75) is 19.9 Å². The summed E-state index contributed by atoms with van der Waals surface area (Å²) >= 11 is 0. The van der Waals surface area contributed by atoms with Crippen molar-refractivity contribution in [2.75, 3.05) is 31.5 Å². The number of rotatable bonds is 7. The van der Waals surface area contributed by atoms with E-state index in [1.165, 1.54) is 6.33 Å². The minimum atomic E-state index is -0.520. The van der Waals surface area contributed by atoms with E-state index in [4.69, 9.17) is 14.2 Å². The van der Waals surface area contributed by atoms with Crippen LogP contribution in [-0.4, -0.2) is 41.5 Å². The van der Waals surface area contributed by atoms with Crippen molar-refractivity contribution in [1.29, 1.82) is 0 Å². The molecule has 0 saturated heterocycles. The number of nitrogens with one attached hydrogen (secondary N) is 2. The molecular formula is C23H25N5O4. The van der Waals surface area contributed by atoms with Gasteiger partial charge in [-0.15, -0.1) is 0 Å². The highest BCUT2D eigenvalue weighted by Crippen LogP contribution is 2.39. The molecule has 1 atom stereocenters. The molecule has 1 amide bonds. The molecule has 1 aliphatic heterocycles. The minimum Gasteiger partial charge on any atom is -0.495 e. The number of anilines is 2. The zero-order valence-electron chi connectivity index (χ0n) is 18.4. The van der Waals surface area contributed by atoms with Crippen LogP contribution < -0.4 is 24.8 Å². The Morgan fingerprint density at radius 2 is 1.91 bits per heavy atom. The van der Waals surface area contributed by atoms with Gasteiger partial charge in [-0.1, -0.05) is 18.2 Å². The molecule has 0 aliphatic carbocycles. The van der Waals surface area contributed by atoms with Gasteiger partial charge < -0.3 is 24.8 Å². The molecule has 1 aliphatic rings. The number of nitrogens with zero attached hydrogens (tertiary/aromatic N) is 3. The molecule has 9 nitrogen and oxygen atoms in total. The summed E-state index contributed by atoms with van der Waals surface area (Å²) in [6.45, 7) is 4.23.